The van der Waals surface area contributed by atoms with E-state index in [0.717, 1.165) is 31.6 Å². The van der Waals surface area contributed by atoms with E-state index < -0.39 is 5.97 Å². The molecule has 0 radical (unpaired) electrons. The van der Waals surface area contributed by atoms with Gasteiger partial charge in [-0.15, -0.1) is 0 Å². The summed E-state index contributed by atoms with van der Waals surface area (Å²) in [6.07, 6.45) is 6.81. The van der Waals surface area contributed by atoms with E-state index in [0.29, 0.717) is 30.1 Å². The fourth-order valence-electron chi connectivity index (χ4n) is 3.32. The van der Waals surface area contributed by atoms with Crippen molar-refractivity contribution < 1.29 is 14.7 Å². The third kappa shape index (κ3) is 5.17. The van der Waals surface area contributed by atoms with Crippen LogP contribution in [0.4, 0.5) is 5.82 Å². The van der Waals surface area contributed by atoms with Gasteiger partial charge in [-0.05, 0) is 50.2 Å². The number of carbonyl (C=O) groups is 2. The van der Waals surface area contributed by atoms with Crippen molar-refractivity contribution in [2.45, 2.75) is 51.1 Å². The standard InChI is InChI=1S/C19H28N4O3/c1-2-7-20-19(26)14-5-6-17(21-10-14)22-15-8-16(9-15)23(12-18(24)25)11-13-3-4-13/h5-6,10,13,15-16H,2-4,7-9,11-12H2,1H3,(H,20,26)(H,21,22)(H,24,25). The summed E-state index contributed by atoms with van der Waals surface area (Å²) in [4.78, 5) is 29.4. The quantitative estimate of drug-likeness (QED) is 0.590. The van der Waals surface area contributed by atoms with Crippen molar-refractivity contribution in [2.75, 3.05) is 25.0 Å². The molecule has 0 atom stereocenters. The minimum atomic E-state index is -0.749. The SMILES string of the molecule is CCCNC(=O)c1ccc(NC2CC(N(CC(=O)O)CC3CC3)C2)nc1. The Morgan fingerprint density at radius 2 is 2.08 bits per heavy atom. The molecule has 1 aromatic rings. The number of nitrogens with zero attached hydrogens (tertiary/aromatic N) is 2. The molecule has 2 fully saturated rings. The number of amides is 1. The van der Waals surface area contributed by atoms with Crippen molar-refractivity contribution in [3.63, 3.8) is 0 Å². The molecule has 0 bridgehead atoms. The summed E-state index contributed by atoms with van der Waals surface area (Å²) in [5, 5.41) is 15.3. The fourth-order valence-corrected chi connectivity index (χ4v) is 3.32. The second kappa shape index (κ2) is 8.49. The summed E-state index contributed by atoms with van der Waals surface area (Å²) < 4.78 is 0. The zero-order valence-electron chi connectivity index (χ0n) is 15.3. The van der Waals surface area contributed by atoms with Crippen LogP contribution in [0.2, 0.25) is 0 Å². The molecular formula is C19H28N4O3. The van der Waals surface area contributed by atoms with E-state index in [-0.39, 0.29) is 12.5 Å². The molecule has 7 nitrogen and oxygen atoms in total. The van der Waals surface area contributed by atoms with Crippen LogP contribution in [0.5, 0.6) is 0 Å². The van der Waals surface area contributed by atoms with Gasteiger partial charge in [0.05, 0.1) is 12.1 Å². The number of carboxylic acids is 1. The summed E-state index contributed by atoms with van der Waals surface area (Å²) in [6.45, 7) is 3.72. The number of rotatable bonds is 10. The summed E-state index contributed by atoms with van der Waals surface area (Å²) >= 11 is 0. The summed E-state index contributed by atoms with van der Waals surface area (Å²) in [6, 6.07) is 4.25. The molecule has 0 unspecified atom stereocenters. The lowest BCUT2D eigenvalue weighted by atomic mass is 9.85. The van der Waals surface area contributed by atoms with Gasteiger partial charge in [-0.25, -0.2) is 4.98 Å². The lowest BCUT2D eigenvalue weighted by Crippen LogP contribution is -2.52. The Labute approximate surface area is 154 Å². The van der Waals surface area contributed by atoms with Crippen molar-refractivity contribution in [3.05, 3.63) is 23.9 Å². The summed E-state index contributed by atoms with van der Waals surface area (Å²) in [7, 11) is 0. The van der Waals surface area contributed by atoms with Crippen molar-refractivity contribution in [3.8, 4) is 0 Å². The van der Waals surface area contributed by atoms with Crippen molar-refractivity contribution in [2.24, 2.45) is 5.92 Å². The van der Waals surface area contributed by atoms with E-state index in [9.17, 15) is 9.59 Å². The highest BCUT2D eigenvalue weighted by Gasteiger charge is 2.37. The Morgan fingerprint density at radius 3 is 2.65 bits per heavy atom. The van der Waals surface area contributed by atoms with Crippen LogP contribution >= 0.6 is 0 Å². The molecular weight excluding hydrogens is 332 g/mol. The maximum Gasteiger partial charge on any atom is 0.317 e. The van der Waals surface area contributed by atoms with Gasteiger partial charge in [0.15, 0.2) is 0 Å². The molecule has 2 saturated carbocycles. The van der Waals surface area contributed by atoms with Gasteiger partial charge in [0, 0.05) is 31.4 Å². The zero-order valence-corrected chi connectivity index (χ0v) is 15.3. The van der Waals surface area contributed by atoms with E-state index in [1.54, 1.807) is 12.3 Å². The molecule has 0 saturated heterocycles. The van der Waals surface area contributed by atoms with Crippen LogP contribution < -0.4 is 10.6 Å². The van der Waals surface area contributed by atoms with E-state index >= 15 is 0 Å². The smallest absolute Gasteiger partial charge is 0.317 e. The normalized spacial score (nSPS) is 21.9. The Morgan fingerprint density at radius 1 is 1.31 bits per heavy atom. The predicted molar refractivity (Wildman–Crippen MR) is 99.2 cm³/mol. The first-order valence-electron chi connectivity index (χ1n) is 9.51. The monoisotopic (exact) mass is 360 g/mol. The van der Waals surface area contributed by atoms with Crippen molar-refractivity contribution in [1.82, 2.24) is 15.2 Å². The highest BCUT2D eigenvalue weighted by atomic mass is 16.4. The summed E-state index contributed by atoms with van der Waals surface area (Å²) in [5.41, 5.74) is 0.563. The first kappa shape index (κ1) is 18.6. The van der Waals surface area contributed by atoms with Gasteiger partial charge >= 0.3 is 5.97 Å². The number of hydrogen-bond donors (Lipinski definition) is 3. The predicted octanol–water partition coefficient (Wildman–Crippen LogP) is 1.96. The number of aliphatic carboxylic acids is 1. The molecule has 142 valence electrons. The molecule has 2 aliphatic carbocycles. The number of carboxylic acid groups (broad SMARTS) is 1. The molecule has 3 rings (SSSR count). The Kier molecular flexibility index (Phi) is 6.08. The molecule has 0 aliphatic heterocycles. The van der Waals surface area contributed by atoms with Gasteiger partial charge in [-0.3, -0.25) is 14.5 Å². The molecule has 3 N–H and O–H groups in total. The highest BCUT2D eigenvalue weighted by molar-refractivity contribution is 5.94. The molecule has 1 amide bonds. The van der Waals surface area contributed by atoms with Crippen LogP contribution in [0.3, 0.4) is 0 Å². The maximum absolute atomic E-state index is 11.9. The molecule has 2 aliphatic rings. The van der Waals surface area contributed by atoms with Crippen LogP contribution in [-0.4, -0.2) is 58.6 Å². The number of aromatic nitrogens is 1. The third-order valence-corrected chi connectivity index (χ3v) is 5.07. The topological polar surface area (TPSA) is 94.6 Å². The van der Waals surface area contributed by atoms with E-state index in [1.165, 1.54) is 12.8 Å². The zero-order chi connectivity index (χ0) is 18.5. The van der Waals surface area contributed by atoms with E-state index in [4.69, 9.17) is 5.11 Å². The van der Waals surface area contributed by atoms with Crippen molar-refractivity contribution >= 4 is 17.7 Å². The molecule has 26 heavy (non-hydrogen) atoms. The summed E-state index contributed by atoms with van der Waals surface area (Å²) in [5.74, 6) is 0.599. The largest absolute Gasteiger partial charge is 0.480 e. The molecule has 0 spiro atoms. The average Bonchev–Trinajstić information content (AvgIpc) is 3.39. The van der Waals surface area contributed by atoms with Crippen molar-refractivity contribution in [1.29, 1.82) is 0 Å². The van der Waals surface area contributed by atoms with Gasteiger partial charge in [-0.1, -0.05) is 6.92 Å². The highest BCUT2D eigenvalue weighted by Crippen LogP contribution is 2.34. The van der Waals surface area contributed by atoms with Gasteiger partial charge in [0.2, 0.25) is 0 Å². The number of hydrogen-bond acceptors (Lipinski definition) is 5. The van der Waals surface area contributed by atoms with E-state index in [2.05, 4.69) is 20.5 Å². The number of anilines is 1. The average molecular weight is 360 g/mol. The lowest BCUT2D eigenvalue weighted by molar-refractivity contribution is -0.139. The number of carbonyl (C=O) groups excluding carboxylic acids is 1. The van der Waals surface area contributed by atoms with Crippen LogP contribution in [0, 0.1) is 5.92 Å². The van der Waals surface area contributed by atoms with Gasteiger partial charge in [-0.2, -0.15) is 0 Å². The van der Waals surface area contributed by atoms with Crippen LogP contribution in [0.15, 0.2) is 18.3 Å². The van der Waals surface area contributed by atoms with Crippen LogP contribution in [0.1, 0.15) is 49.4 Å². The first-order chi connectivity index (χ1) is 12.5. The molecule has 0 aromatic carbocycles. The Balaban J connectivity index is 1.45. The second-order valence-corrected chi connectivity index (χ2v) is 7.42. The van der Waals surface area contributed by atoms with Gasteiger partial charge < -0.3 is 15.7 Å². The van der Waals surface area contributed by atoms with Gasteiger partial charge in [0.25, 0.3) is 5.91 Å². The number of nitrogens with one attached hydrogen (secondary N) is 2. The molecule has 7 heteroatoms. The van der Waals surface area contributed by atoms with E-state index in [1.807, 2.05) is 13.0 Å². The van der Waals surface area contributed by atoms with Crippen LogP contribution in [-0.2, 0) is 4.79 Å². The minimum Gasteiger partial charge on any atom is -0.480 e. The third-order valence-electron chi connectivity index (χ3n) is 5.07. The number of pyridine rings is 1. The fraction of sp³-hybridized carbons (Fsp3) is 0.632. The maximum atomic E-state index is 11.9. The molecule has 1 heterocycles. The van der Waals surface area contributed by atoms with Crippen LogP contribution in [0.25, 0.3) is 0 Å². The second-order valence-electron chi connectivity index (χ2n) is 7.42. The Hall–Kier alpha value is -2.15. The molecule has 1 aromatic heterocycles. The minimum absolute atomic E-state index is 0.0982. The van der Waals surface area contributed by atoms with Gasteiger partial charge in [0.1, 0.15) is 5.82 Å². The Bertz CT molecular complexity index is 624. The lowest BCUT2D eigenvalue weighted by Gasteiger charge is -2.43. The first-order valence-corrected chi connectivity index (χ1v) is 9.51.